The molecule has 1 fully saturated rings. The van der Waals surface area contributed by atoms with Gasteiger partial charge in [-0.3, -0.25) is 0 Å². The third kappa shape index (κ3) is 1.99. The second-order valence-electron chi connectivity index (χ2n) is 5.14. The Balaban J connectivity index is 1.97. The fourth-order valence-corrected chi connectivity index (χ4v) is 4.33. The molecule has 19 heavy (non-hydrogen) atoms. The topological polar surface area (TPSA) is 55.8 Å². The zero-order valence-corrected chi connectivity index (χ0v) is 11.8. The van der Waals surface area contributed by atoms with Gasteiger partial charge in [-0.25, -0.2) is 8.42 Å². The van der Waals surface area contributed by atoms with Crippen LogP contribution >= 0.6 is 0 Å². The van der Waals surface area contributed by atoms with Gasteiger partial charge in [0.2, 0.25) is 16.8 Å². The number of nitrogens with zero attached hydrogens (tertiary/aromatic N) is 1. The van der Waals surface area contributed by atoms with Gasteiger partial charge in [0.25, 0.3) is 0 Å². The lowest BCUT2D eigenvalue weighted by atomic mass is 10.1. The average Bonchev–Trinajstić information content (AvgIpc) is 2.96. The van der Waals surface area contributed by atoms with Crippen molar-refractivity contribution >= 4 is 10.0 Å². The van der Waals surface area contributed by atoms with Crippen LogP contribution in [-0.2, 0) is 10.0 Å². The quantitative estimate of drug-likeness (QED) is 0.831. The molecule has 5 nitrogen and oxygen atoms in total. The van der Waals surface area contributed by atoms with E-state index in [1.807, 2.05) is 6.92 Å². The van der Waals surface area contributed by atoms with Gasteiger partial charge in [-0.05, 0) is 31.4 Å². The molecule has 2 unspecified atom stereocenters. The Hall–Kier alpha value is -1.27. The molecule has 0 saturated carbocycles. The highest BCUT2D eigenvalue weighted by atomic mass is 32.2. The summed E-state index contributed by atoms with van der Waals surface area (Å²) in [5.74, 6) is 1.49. The van der Waals surface area contributed by atoms with E-state index in [9.17, 15) is 8.42 Å². The van der Waals surface area contributed by atoms with Gasteiger partial charge in [0, 0.05) is 18.7 Å². The summed E-state index contributed by atoms with van der Waals surface area (Å²) in [4.78, 5) is 0.276. The summed E-state index contributed by atoms with van der Waals surface area (Å²) < 4.78 is 37.3. The number of hydrogen-bond acceptors (Lipinski definition) is 4. The molecule has 0 amide bonds. The van der Waals surface area contributed by atoms with Crippen LogP contribution in [0.15, 0.2) is 23.1 Å². The summed E-state index contributed by atoms with van der Waals surface area (Å²) in [7, 11) is -3.44. The van der Waals surface area contributed by atoms with E-state index >= 15 is 0 Å². The van der Waals surface area contributed by atoms with Gasteiger partial charge in [0.1, 0.15) is 0 Å². The van der Waals surface area contributed by atoms with Gasteiger partial charge < -0.3 is 9.47 Å². The van der Waals surface area contributed by atoms with E-state index in [0.717, 1.165) is 6.42 Å². The first-order chi connectivity index (χ1) is 9.00. The molecule has 0 bridgehead atoms. The Kier molecular flexibility index (Phi) is 2.94. The van der Waals surface area contributed by atoms with E-state index in [1.54, 1.807) is 22.5 Å². The van der Waals surface area contributed by atoms with Crippen molar-refractivity contribution in [3.05, 3.63) is 18.2 Å². The second kappa shape index (κ2) is 4.38. The smallest absolute Gasteiger partial charge is 0.243 e. The first kappa shape index (κ1) is 12.7. The van der Waals surface area contributed by atoms with Crippen molar-refractivity contribution in [3.8, 4) is 11.5 Å². The predicted octanol–water partition coefficient (Wildman–Crippen LogP) is 1.83. The normalized spacial score (nSPS) is 26.8. The molecule has 1 aromatic rings. The van der Waals surface area contributed by atoms with Crippen LogP contribution in [0.4, 0.5) is 0 Å². The van der Waals surface area contributed by atoms with Gasteiger partial charge in [-0.1, -0.05) is 6.92 Å². The molecule has 0 aromatic heterocycles. The summed E-state index contributed by atoms with van der Waals surface area (Å²) in [6, 6.07) is 4.82. The number of fused-ring (bicyclic) bond motifs is 1. The van der Waals surface area contributed by atoms with Crippen molar-refractivity contribution in [1.82, 2.24) is 4.31 Å². The lowest BCUT2D eigenvalue weighted by Gasteiger charge is -2.22. The maximum Gasteiger partial charge on any atom is 0.243 e. The Morgan fingerprint density at radius 3 is 2.63 bits per heavy atom. The first-order valence-corrected chi connectivity index (χ1v) is 7.85. The number of rotatable bonds is 2. The van der Waals surface area contributed by atoms with Crippen LogP contribution in [0.25, 0.3) is 0 Å². The van der Waals surface area contributed by atoms with E-state index in [0.29, 0.717) is 24.0 Å². The largest absolute Gasteiger partial charge is 0.454 e. The zero-order valence-electron chi connectivity index (χ0n) is 11.0. The summed E-state index contributed by atoms with van der Waals surface area (Å²) in [6.45, 7) is 4.77. The summed E-state index contributed by atoms with van der Waals surface area (Å²) in [6.07, 6.45) is 0.908. The Morgan fingerprint density at radius 1 is 1.21 bits per heavy atom. The Morgan fingerprint density at radius 2 is 1.95 bits per heavy atom. The fourth-order valence-electron chi connectivity index (χ4n) is 2.57. The zero-order chi connectivity index (χ0) is 13.6. The molecular weight excluding hydrogens is 266 g/mol. The van der Waals surface area contributed by atoms with Crippen LogP contribution in [0, 0.1) is 5.92 Å². The van der Waals surface area contributed by atoms with Crippen LogP contribution in [0.1, 0.15) is 20.3 Å². The summed E-state index contributed by atoms with van der Waals surface area (Å²) >= 11 is 0. The molecule has 0 radical (unpaired) electrons. The molecular formula is C13H17NO4S. The molecule has 1 aromatic carbocycles. The van der Waals surface area contributed by atoms with E-state index in [1.165, 1.54) is 0 Å². The Labute approximate surface area is 113 Å². The maximum absolute atomic E-state index is 12.6. The molecule has 0 N–H and O–H groups in total. The molecule has 2 aliphatic heterocycles. The fraction of sp³-hybridized carbons (Fsp3) is 0.538. The van der Waals surface area contributed by atoms with Gasteiger partial charge in [-0.15, -0.1) is 0 Å². The number of sulfonamides is 1. The van der Waals surface area contributed by atoms with Crippen molar-refractivity contribution < 1.29 is 17.9 Å². The van der Waals surface area contributed by atoms with Gasteiger partial charge >= 0.3 is 0 Å². The summed E-state index contributed by atoms with van der Waals surface area (Å²) in [5.41, 5.74) is 0. The molecule has 0 aliphatic carbocycles. The molecule has 3 rings (SSSR count). The SMILES string of the molecule is CC1CCN(S(=O)(=O)c2ccc3c(c2)OCO3)C1C. The molecule has 104 valence electrons. The van der Waals surface area contributed by atoms with Gasteiger partial charge in [-0.2, -0.15) is 4.31 Å². The predicted molar refractivity (Wildman–Crippen MR) is 69.7 cm³/mol. The highest BCUT2D eigenvalue weighted by Crippen LogP contribution is 2.36. The lowest BCUT2D eigenvalue weighted by molar-refractivity contribution is 0.174. The standard InChI is InChI=1S/C13H17NO4S/c1-9-5-6-14(10(9)2)19(15,16)11-3-4-12-13(7-11)18-8-17-12/h3-4,7,9-10H,5-6,8H2,1-2H3. The maximum atomic E-state index is 12.6. The van der Waals surface area contributed by atoms with Crippen molar-refractivity contribution in [2.24, 2.45) is 5.92 Å². The van der Waals surface area contributed by atoms with Crippen molar-refractivity contribution in [2.75, 3.05) is 13.3 Å². The minimum atomic E-state index is -3.44. The minimum absolute atomic E-state index is 0.0374. The van der Waals surface area contributed by atoms with Crippen LogP contribution < -0.4 is 9.47 Å². The lowest BCUT2D eigenvalue weighted by Crippen LogP contribution is -2.35. The van der Waals surface area contributed by atoms with E-state index in [-0.39, 0.29) is 17.7 Å². The molecule has 6 heteroatoms. The van der Waals surface area contributed by atoms with Gasteiger partial charge in [0.15, 0.2) is 11.5 Å². The van der Waals surface area contributed by atoms with E-state index in [2.05, 4.69) is 6.92 Å². The molecule has 2 atom stereocenters. The highest BCUT2D eigenvalue weighted by molar-refractivity contribution is 7.89. The molecule has 1 saturated heterocycles. The van der Waals surface area contributed by atoms with Crippen LogP contribution in [0.5, 0.6) is 11.5 Å². The number of ether oxygens (including phenoxy) is 2. The minimum Gasteiger partial charge on any atom is -0.454 e. The van der Waals surface area contributed by atoms with Gasteiger partial charge in [0.05, 0.1) is 4.90 Å². The average molecular weight is 283 g/mol. The van der Waals surface area contributed by atoms with Crippen LogP contribution in [0.2, 0.25) is 0 Å². The van der Waals surface area contributed by atoms with Crippen LogP contribution in [-0.4, -0.2) is 32.1 Å². The van der Waals surface area contributed by atoms with Crippen molar-refractivity contribution in [1.29, 1.82) is 0 Å². The van der Waals surface area contributed by atoms with E-state index < -0.39 is 10.0 Å². The number of benzene rings is 1. The second-order valence-corrected chi connectivity index (χ2v) is 7.03. The first-order valence-electron chi connectivity index (χ1n) is 6.41. The van der Waals surface area contributed by atoms with Crippen molar-refractivity contribution in [2.45, 2.75) is 31.2 Å². The third-order valence-corrected chi connectivity index (χ3v) is 6.02. The third-order valence-electron chi connectivity index (χ3n) is 4.03. The monoisotopic (exact) mass is 283 g/mol. The highest BCUT2D eigenvalue weighted by Gasteiger charge is 2.37. The Bertz CT molecular complexity index is 599. The summed E-state index contributed by atoms with van der Waals surface area (Å²) in [5, 5.41) is 0. The van der Waals surface area contributed by atoms with E-state index in [4.69, 9.17) is 9.47 Å². The molecule has 2 heterocycles. The molecule has 0 spiro atoms. The van der Waals surface area contributed by atoms with Crippen molar-refractivity contribution in [3.63, 3.8) is 0 Å². The molecule has 2 aliphatic rings. The van der Waals surface area contributed by atoms with Crippen LogP contribution in [0.3, 0.4) is 0 Å². The number of hydrogen-bond donors (Lipinski definition) is 0.